The number of nitrogens with one attached hydrogen (secondary N) is 1. The minimum atomic E-state index is -3.67. The minimum Gasteiger partial charge on any atom is -0.497 e. The highest BCUT2D eigenvalue weighted by Crippen LogP contribution is 2.29. The summed E-state index contributed by atoms with van der Waals surface area (Å²) in [6.07, 6.45) is -1.21. The van der Waals surface area contributed by atoms with Crippen LogP contribution >= 0.6 is 0 Å². The summed E-state index contributed by atoms with van der Waals surface area (Å²) in [6.45, 7) is 2.78. The molecule has 0 saturated carbocycles. The molecule has 188 valence electrons. The molecule has 1 N–H and O–H groups in total. The number of halogens is 1. The summed E-state index contributed by atoms with van der Waals surface area (Å²) in [5.41, 5.74) is 0.629. The minimum absolute atomic E-state index is 0.0747. The molecule has 4 rings (SSSR count). The third kappa shape index (κ3) is 5.17. The van der Waals surface area contributed by atoms with Crippen LogP contribution in [0.4, 0.5) is 20.6 Å². The van der Waals surface area contributed by atoms with Gasteiger partial charge in [0.05, 0.1) is 29.9 Å². The molecule has 0 spiro atoms. The third-order valence-corrected chi connectivity index (χ3v) is 7.89. The lowest BCUT2D eigenvalue weighted by atomic mass is 10.2. The Morgan fingerprint density at radius 2 is 1.83 bits per heavy atom. The molecule has 12 heteroatoms. The molecule has 2 fully saturated rings. The number of methoxy groups -OCH3 is 1. The van der Waals surface area contributed by atoms with E-state index in [0.717, 1.165) is 0 Å². The van der Waals surface area contributed by atoms with E-state index in [4.69, 9.17) is 9.47 Å². The fraction of sp³-hybridized carbons (Fsp3) is 0.391. The number of rotatable bonds is 7. The predicted molar refractivity (Wildman–Crippen MR) is 126 cm³/mol. The Bertz CT molecular complexity index is 1200. The van der Waals surface area contributed by atoms with Crippen molar-refractivity contribution in [3.05, 3.63) is 48.3 Å². The van der Waals surface area contributed by atoms with Gasteiger partial charge in [0.25, 0.3) is 0 Å². The van der Waals surface area contributed by atoms with E-state index in [1.54, 1.807) is 36.1 Å². The number of hydrogen-bond acceptors (Lipinski definition) is 7. The Kier molecular flexibility index (Phi) is 7.13. The van der Waals surface area contributed by atoms with Gasteiger partial charge in [-0.25, -0.2) is 17.6 Å². The lowest BCUT2D eigenvalue weighted by Crippen LogP contribution is -2.48. The monoisotopic (exact) mass is 506 g/mol. The van der Waals surface area contributed by atoms with E-state index in [1.807, 2.05) is 0 Å². The van der Waals surface area contributed by atoms with Crippen LogP contribution in [-0.4, -0.2) is 70.8 Å². The van der Waals surface area contributed by atoms with Crippen LogP contribution in [0.5, 0.6) is 5.75 Å². The highest BCUT2D eigenvalue weighted by Gasteiger charge is 2.34. The van der Waals surface area contributed by atoms with Crippen LogP contribution in [0.3, 0.4) is 0 Å². The zero-order valence-corrected chi connectivity index (χ0v) is 20.3. The molecule has 2 aromatic carbocycles. The summed E-state index contributed by atoms with van der Waals surface area (Å²) in [5.74, 6) is -0.224. The molecule has 2 heterocycles. The van der Waals surface area contributed by atoms with Gasteiger partial charge in [-0.2, -0.15) is 4.31 Å². The predicted octanol–water partition coefficient (Wildman–Crippen LogP) is 2.15. The SMILES string of the molecule is CCC(=O)NC1CN(c2ccc(N3CCN(S(=O)(=O)c4ccc(OC)cc4)CC3)c(F)c2)C(=O)O1. The second-order valence-corrected chi connectivity index (χ2v) is 10.0. The molecule has 10 nitrogen and oxygen atoms in total. The summed E-state index contributed by atoms with van der Waals surface area (Å²) < 4.78 is 52.5. The van der Waals surface area contributed by atoms with Gasteiger partial charge >= 0.3 is 6.09 Å². The second-order valence-electron chi connectivity index (χ2n) is 8.11. The smallest absolute Gasteiger partial charge is 0.416 e. The lowest BCUT2D eigenvalue weighted by Gasteiger charge is -2.35. The van der Waals surface area contributed by atoms with Crippen LogP contribution in [-0.2, 0) is 19.6 Å². The Balaban J connectivity index is 1.40. The number of cyclic esters (lactones) is 1. The quantitative estimate of drug-likeness (QED) is 0.613. The Hall–Kier alpha value is -3.38. The summed E-state index contributed by atoms with van der Waals surface area (Å²) in [7, 11) is -2.16. The maximum Gasteiger partial charge on any atom is 0.416 e. The van der Waals surface area contributed by atoms with Gasteiger partial charge in [0, 0.05) is 32.6 Å². The van der Waals surface area contributed by atoms with E-state index >= 15 is 4.39 Å². The normalized spacial score (nSPS) is 18.9. The molecule has 2 saturated heterocycles. The first-order chi connectivity index (χ1) is 16.7. The Morgan fingerprint density at radius 1 is 1.14 bits per heavy atom. The van der Waals surface area contributed by atoms with E-state index in [-0.39, 0.29) is 36.9 Å². The van der Waals surface area contributed by atoms with E-state index < -0.39 is 28.2 Å². The largest absolute Gasteiger partial charge is 0.497 e. The third-order valence-electron chi connectivity index (χ3n) is 5.97. The van der Waals surface area contributed by atoms with E-state index in [0.29, 0.717) is 30.2 Å². The number of sulfonamides is 1. The van der Waals surface area contributed by atoms with Crippen molar-refractivity contribution in [2.45, 2.75) is 24.5 Å². The van der Waals surface area contributed by atoms with Gasteiger partial charge in [0.2, 0.25) is 15.9 Å². The Labute approximate surface area is 203 Å². The molecule has 2 aliphatic heterocycles. The fourth-order valence-electron chi connectivity index (χ4n) is 4.02. The van der Waals surface area contributed by atoms with Crippen LogP contribution in [0.25, 0.3) is 0 Å². The molecule has 0 bridgehead atoms. The van der Waals surface area contributed by atoms with Crippen molar-refractivity contribution in [2.75, 3.05) is 49.6 Å². The Morgan fingerprint density at radius 3 is 2.43 bits per heavy atom. The van der Waals surface area contributed by atoms with Crippen LogP contribution in [0.1, 0.15) is 13.3 Å². The number of amides is 2. The van der Waals surface area contributed by atoms with Crippen molar-refractivity contribution < 1.29 is 31.9 Å². The zero-order chi connectivity index (χ0) is 25.2. The molecule has 0 aromatic heterocycles. The molecule has 2 aromatic rings. The number of hydrogen-bond donors (Lipinski definition) is 1. The molecule has 2 aliphatic rings. The summed E-state index contributed by atoms with van der Waals surface area (Å²) in [5, 5.41) is 2.58. The van der Waals surface area contributed by atoms with Crippen molar-refractivity contribution in [1.29, 1.82) is 0 Å². The van der Waals surface area contributed by atoms with E-state index in [2.05, 4.69) is 5.32 Å². The van der Waals surface area contributed by atoms with E-state index in [1.165, 1.54) is 34.5 Å². The molecule has 1 atom stereocenters. The zero-order valence-electron chi connectivity index (χ0n) is 19.4. The first-order valence-corrected chi connectivity index (χ1v) is 12.6. The number of piperazine rings is 1. The van der Waals surface area contributed by atoms with Gasteiger partial charge in [0.1, 0.15) is 11.6 Å². The number of anilines is 2. The standard InChI is InChI=1S/C23H27FN4O6S/c1-3-21(29)25-22-15-28(23(30)34-22)16-4-9-20(19(24)14-16)26-10-12-27(13-11-26)35(31,32)18-7-5-17(33-2)6-8-18/h4-9,14,22H,3,10-13,15H2,1-2H3,(H,25,29). The highest BCUT2D eigenvalue weighted by atomic mass is 32.2. The maximum atomic E-state index is 15.0. The summed E-state index contributed by atoms with van der Waals surface area (Å²) in [4.78, 5) is 26.9. The van der Waals surface area contributed by atoms with Gasteiger partial charge in [-0.15, -0.1) is 0 Å². The van der Waals surface area contributed by atoms with Crippen molar-refractivity contribution in [3.8, 4) is 5.75 Å². The second kappa shape index (κ2) is 10.1. The van der Waals surface area contributed by atoms with Crippen LogP contribution in [0.15, 0.2) is 47.4 Å². The van der Waals surface area contributed by atoms with Crippen molar-refractivity contribution >= 4 is 33.4 Å². The van der Waals surface area contributed by atoms with Gasteiger partial charge in [-0.3, -0.25) is 9.69 Å². The maximum absolute atomic E-state index is 15.0. The lowest BCUT2D eigenvalue weighted by molar-refractivity contribution is -0.123. The van der Waals surface area contributed by atoms with Crippen molar-refractivity contribution in [1.82, 2.24) is 9.62 Å². The topological polar surface area (TPSA) is 108 Å². The van der Waals surface area contributed by atoms with Crippen LogP contribution in [0.2, 0.25) is 0 Å². The van der Waals surface area contributed by atoms with Crippen molar-refractivity contribution in [3.63, 3.8) is 0 Å². The molecule has 2 amide bonds. The number of nitrogens with zero attached hydrogens (tertiary/aromatic N) is 3. The molecular formula is C23H27FN4O6S. The average molecular weight is 507 g/mol. The summed E-state index contributed by atoms with van der Waals surface area (Å²) in [6, 6.07) is 10.6. The molecule has 0 radical (unpaired) electrons. The number of ether oxygens (including phenoxy) is 2. The fourth-order valence-corrected chi connectivity index (χ4v) is 5.44. The highest BCUT2D eigenvalue weighted by molar-refractivity contribution is 7.89. The molecular weight excluding hydrogens is 479 g/mol. The van der Waals surface area contributed by atoms with Crippen LogP contribution < -0.4 is 19.9 Å². The number of carbonyl (C=O) groups excluding carboxylic acids is 2. The molecule has 35 heavy (non-hydrogen) atoms. The van der Waals surface area contributed by atoms with E-state index in [9.17, 15) is 18.0 Å². The van der Waals surface area contributed by atoms with Crippen LogP contribution in [0, 0.1) is 5.82 Å². The molecule has 1 unspecified atom stereocenters. The van der Waals surface area contributed by atoms with Crippen molar-refractivity contribution in [2.24, 2.45) is 0 Å². The number of carbonyl (C=O) groups is 2. The molecule has 0 aliphatic carbocycles. The van der Waals surface area contributed by atoms with Gasteiger partial charge in [-0.05, 0) is 42.5 Å². The summed E-state index contributed by atoms with van der Waals surface area (Å²) >= 11 is 0. The number of benzene rings is 2. The van der Waals surface area contributed by atoms with Gasteiger partial charge in [0.15, 0.2) is 6.23 Å². The first kappa shape index (κ1) is 24.7. The van der Waals surface area contributed by atoms with Gasteiger partial charge in [-0.1, -0.05) is 6.92 Å². The average Bonchev–Trinajstić information content (AvgIpc) is 3.23. The first-order valence-electron chi connectivity index (χ1n) is 11.2. The van der Waals surface area contributed by atoms with Gasteiger partial charge < -0.3 is 19.7 Å².